The van der Waals surface area contributed by atoms with Gasteiger partial charge in [0.1, 0.15) is 5.75 Å². The number of nitrogens with zero attached hydrogens (tertiary/aromatic N) is 2. The van der Waals surface area contributed by atoms with E-state index in [4.69, 9.17) is 4.74 Å². The number of carbonyl (C=O) groups excluding carboxylic acids is 3. The van der Waals surface area contributed by atoms with Crippen molar-refractivity contribution in [2.24, 2.45) is 5.92 Å². The van der Waals surface area contributed by atoms with E-state index in [-0.39, 0.29) is 30.7 Å². The largest absolute Gasteiger partial charge is 0.497 e. The number of para-hydroxylation sites is 2. The fourth-order valence-electron chi connectivity index (χ4n) is 3.83. The van der Waals surface area contributed by atoms with Gasteiger partial charge in [-0.25, -0.2) is 0 Å². The number of methoxy groups -OCH3 is 1. The molecular weight excluding hydrogens is 384 g/mol. The molecule has 3 amide bonds. The van der Waals surface area contributed by atoms with Crippen molar-refractivity contribution in [2.45, 2.75) is 6.42 Å². The molecule has 1 atom stereocenters. The highest BCUT2D eigenvalue weighted by Crippen LogP contribution is 2.30. The minimum absolute atomic E-state index is 0.0427. The number of carbonyl (C=O) groups is 3. The maximum absolute atomic E-state index is 12.9. The van der Waals surface area contributed by atoms with Crippen LogP contribution < -0.4 is 25.2 Å². The van der Waals surface area contributed by atoms with Gasteiger partial charge >= 0.3 is 0 Å². The quantitative estimate of drug-likeness (QED) is 0.785. The second kappa shape index (κ2) is 8.44. The molecule has 2 N–H and O–H groups in total. The number of rotatable bonds is 5. The summed E-state index contributed by atoms with van der Waals surface area (Å²) >= 11 is 0. The summed E-state index contributed by atoms with van der Waals surface area (Å²) in [5, 5.41) is 5.76. The molecule has 2 heterocycles. The lowest BCUT2D eigenvalue weighted by molar-refractivity contribution is -0.122. The number of amides is 3. The predicted molar refractivity (Wildman–Crippen MR) is 114 cm³/mol. The van der Waals surface area contributed by atoms with Crippen LogP contribution in [-0.4, -0.2) is 51.0 Å². The summed E-state index contributed by atoms with van der Waals surface area (Å²) < 4.78 is 5.16. The van der Waals surface area contributed by atoms with Gasteiger partial charge in [-0.2, -0.15) is 0 Å². The Morgan fingerprint density at radius 2 is 1.90 bits per heavy atom. The third-order valence-electron chi connectivity index (χ3n) is 5.42. The average Bonchev–Trinajstić information content (AvgIpc) is 3.16. The number of hydrogen-bond acceptors (Lipinski definition) is 5. The molecule has 156 valence electrons. The van der Waals surface area contributed by atoms with E-state index in [2.05, 4.69) is 10.6 Å². The fraction of sp³-hybridized carbons (Fsp3) is 0.318. The lowest BCUT2D eigenvalue weighted by atomic mass is 10.1. The number of anilines is 3. The second-order valence-corrected chi connectivity index (χ2v) is 7.38. The summed E-state index contributed by atoms with van der Waals surface area (Å²) in [4.78, 5) is 40.8. The molecule has 0 aliphatic carbocycles. The van der Waals surface area contributed by atoms with Gasteiger partial charge in [-0.3, -0.25) is 14.4 Å². The van der Waals surface area contributed by atoms with Crippen molar-refractivity contribution in [2.75, 3.05) is 48.4 Å². The van der Waals surface area contributed by atoms with Crippen LogP contribution >= 0.6 is 0 Å². The van der Waals surface area contributed by atoms with Crippen LogP contribution in [0.15, 0.2) is 48.5 Å². The van der Waals surface area contributed by atoms with Gasteiger partial charge in [-0.15, -0.1) is 0 Å². The van der Waals surface area contributed by atoms with E-state index in [0.29, 0.717) is 31.1 Å². The minimum Gasteiger partial charge on any atom is -0.497 e. The summed E-state index contributed by atoms with van der Waals surface area (Å²) in [6, 6.07) is 14.6. The van der Waals surface area contributed by atoms with Gasteiger partial charge in [0.15, 0.2) is 0 Å². The Bertz CT molecular complexity index is 960. The highest BCUT2D eigenvalue weighted by Gasteiger charge is 2.35. The van der Waals surface area contributed by atoms with Crippen molar-refractivity contribution in [3.05, 3.63) is 48.5 Å². The standard InChI is InChI=1S/C22H24N4O4/c1-30-17-8-6-16(7-9-17)26-13-15(12-21(26)28)22(29)24-18-4-2-3-5-19(18)25-11-10-23-20(27)14-25/h2-9,15H,10-14H2,1H3,(H,23,27)(H,24,29). The lowest BCUT2D eigenvalue weighted by Gasteiger charge is -2.30. The van der Waals surface area contributed by atoms with Crippen molar-refractivity contribution >= 4 is 34.8 Å². The molecule has 30 heavy (non-hydrogen) atoms. The molecule has 8 heteroatoms. The zero-order chi connectivity index (χ0) is 21.1. The highest BCUT2D eigenvalue weighted by atomic mass is 16.5. The van der Waals surface area contributed by atoms with E-state index in [1.807, 2.05) is 41.3 Å². The molecule has 2 aliphatic rings. The first-order valence-electron chi connectivity index (χ1n) is 9.91. The fourth-order valence-corrected chi connectivity index (χ4v) is 3.83. The molecule has 8 nitrogen and oxygen atoms in total. The highest BCUT2D eigenvalue weighted by molar-refractivity contribution is 6.04. The Morgan fingerprint density at radius 1 is 1.13 bits per heavy atom. The van der Waals surface area contributed by atoms with Crippen molar-refractivity contribution in [3.63, 3.8) is 0 Å². The first kappa shape index (κ1) is 19.8. The van der Waals surface area contributed by atoms with E-state index in [1.165, 1.54) is 0 Å². The van der Waals surface area contributed by atoms with Crippen LogP contribution in [0.3, 0.4) is 0 Å². The van der Waals surface area contributed by atoms with Crippen molar-refractivity contribution in [3.8, 4) is 5.75 Å². The maximum Gasteiger partial charge on any atom is 0.239 e. The van der Waals surface area contributed by atoms with Gasteiger partial charge in [-0.1, -0.05) is 12.1 Å². The minimum atomic E-state index is -0.447. The normalized spacial score (nSPS) is 18.9. The van der Waals surface area contributed by atoms with Gasteiger partial charge < -0.3 is 25.2 Å². The van der Waals surface area contributed by atoms with Gasteiger partial charge in [0.25, 0.3) is 0 Å². The summed E-state index contributed by atoms with van der Waals surface area (Å²) in [6.07, 6.45) is 0.159. The van der Waals surface area contributed by atoms with Gasteiger partial charge in [-0.05, 0) is 36.4 Å². The van der Waals surface area contributed by atoms with E-state index in [1.54, 1.807) is 24.1 Å². The Labute approximate surface area is 174 Å². The van der Waals surface area contributed by atoms with Crippen LogP contribution in [0.1, 0.15) is 6.42 Å². The molecule has 0 radical (unpaired) electrons. The van der Waals surface area contributed by atoms with Crippen molar-refractivity contribution in [1.82, 2.24) is 5.32 Å². The second-order valence-electron chi connectivity index (χ2n) is 7.38. The molecule has 2 fully saturated rings. The van der Waals surface area contributed by atoms with E-state index >= 15 is 0 Å². The Balaban J connectivity index is 1.46. The van der Waals surface area contributed by atoms with E-state index in [9.17, 15) is 14.4 Å². The molecule has 2 aliphatic heterocycles. The van der Waals surface area contributed by atoms with Crippen molar-refractivity contribution < 1.29 is 19.1 Å². The number of nitrogens with one attached hydrogen (secondary N) is 2. The molecule has 2 aromatic rings. The molecule has 1 unspecified atom stereocenters. The van der Waals surface area contributed by atoms with Crippen LogP contribution in [0.25, 0.3) is 0 Å². The number of piperazine rings is 1. The predicted octanol–water partition coefficient (Wildman–Crippen LogP) is 1.62. The summed E-state index contributed by atoms with van der Waals surface area (Å²) in [5.41, 5.74) is 2.19. The molecule has 0 saturated carbocycles. The van der Waals surface area contributed by atoms with Crippen LogP contribution in [0.2, 0.25) is 0 Å². The molecule has 4 rings (SSSR count). The number of ether oxygens (including phenoxy) is 1. The molecular formula is C22H24N4O4. The molecule has 0 bridgehead atoms. The zero-order valence-electron chi connectivity index (χ0n) is 16.8. The Hall–Kier alpha value is -3.55. The van der Waals surface area contributed by atoms with Gasteiger partial charge in [0, 0.05) is 31.7 Å². The first-order chi connectivity index (χ1) is 14.5. The van der Waals surface area contributed by atoms with Crippen LogP contribution in [-0.2, 0) is 14.4 Å². The third kappa shape index (κ3) is 4.07. The van der Waals surface area contributed by atoms with Gasteiger partial charge in [0.2, 0.25) is 17.7 Å². The SMILES string of the molecule is COc1ccc(N2CC(C(=O)Nc3ccccc3N3CCNC(=O)C3)CC2=O)cc1. The zero-order valence-corrected chi connectivity index (χ0v) is 16.8. The van der Waals surface area contributed by atoms with Crippen LogP contribution in [0.4, 0.5) is 17.1 Å². The Kier molecular flexibility index (Phi) is 5.56. The molecule has 2 aromatic carbocycles. The third-order valence-corrected chi connectivity index (χ3v) is 5.42. The topological polar surface area (TPSA) is 91.0 Å². The molecule has 2 saturated heterocycles. The summed E-state index contributed by atoms with van der Waals surface area (Å²) in [6.45, 7) is 1.81. The van der Waals surface area contributed by atoms with Crippen LogP contribution in [0.5, 0.6) is 5.75 Å². The molecule has 0 aromatic heterocycles. The molecule has 0 spiro atoms. The van der Waals surface area contributed by atoms with Gasteiger partial charge in [0.05, 0.1) is 30.9 Å². The first-order valence-corrected chi connectivity index (χ1v) is 9.91. The monoisotopic (exact) mass is 408 g/mol. The smallest absolute Gasteiger partial charge is 0.239 e. The van der Waals surface area contributed by atoms with E-state index < -0.39 is 5.92 Å². The van der Waals surface area contributed by atoms with Crippen LogP contribution in [0, 0.1) is 5.92 Å². The average molecular weight is 408 g/mol. The number of hydrogen-bond donors (Lipinski definition) is 2. The lowest BCUT2D eigenvalue weighted by Crippen LogP contribution is -2.48. The number of benzene rings is 2. The maximum atomic E-state index is 12.9. The summed E-state index contributed by atoms with van der Waals surface area (Å²) in [7, 11) is 1.59. The summed E-state index contributed by atoms with van der Waals surface area (Å²) in [5.74, 6) is -0.0616. The van der Waals surface area contributed by atoms with Crippen molar-refractivity contribution in [1.29, 1.82) is 0 Å². The Morgan fingerprint density at radius 3 is 2.63 bits per heavy atom. The van der Waals surface area contributed by atoms with E-state index in [0.717, 1.165) is 11.4 Å².